The minimum absolute atomic E-state index is 0.0514. The first-order chi connectivity index (χ1) is 13.1. The highest BCUT2D eigenvalue weighted by Gasteiger charge is 2.20. The molecule has 144 valence electrons. The predicted molar refractivity (Wildman–Crippen MR) is 109 cm³/mol. The van der Waals surface area contributed by atoms with Crippen molar-refractivity contribution in [2.45, 2.75) is 26.7 Å². The average molecular weight is 369 g/mol. The fourth-order valence-electron chi connectivity index (χ4n) is 3.58. The molecule has 0 radical (unpaired) electrons. The number of para-hydroxylation sites is 2. The first-order valence-electron chi connectivity index (χ1n) is 9.68. The van der Waals surface area contributed by atoms with Gasteiger partial charge in [-0.3, -0.25) is 9.69 Å². The van der Waals surface area contributed by atoms with E-state index in [0.29, 0.717) is 12.1 Å². The average Bonchev–Trinajstić information content (AvgIpc) is 2.69. The second kappa shape index (κ2) is 9.00. The van der Waals surface area contributed by atoms with E-state index in [1.54, 1.807) is 6.07 Å². The molecule has 5 heteroatoms. The summed E-state index contributed by atoms with van der Waals surface area (Å²) in [6.45, 7) is 8.08. The lowest BCUT2D eigenvalue weighted by atomic mass is 10.1. The number of halogens is 1. The minimum Gasteiger partial charge on any atom is -0.367 e. The Labute approximate surface area is 161 Å². The molecule has 2 aromatic carbocycles. The van der Waals surface area contributed by atoms with Gasteiger partial charge in [0.15, 0.2) is 0 Å². The molecule has 0 unspecified atom stereocenters. The van der Waals surface area contributed by atoms with Gasteiger partial charge < -0.3 is 10.2 Å². The number of hydrogen-bond donors (Lipinski definition) is 1. The van der Waals surface area contributed by atoms with Crippen LogP contribution in [0.25, 0.3) is 0 Å². The molecular formula is C22H28FN3O. The maximum absolute atomic E-state index is 13.9. The Bertz CT molecular complexity index is 785. The van der Waals surface area contributed by atoms with Crippen LogP contribution in [0.3, 0.4) is 0 Å². The Hall–Kier alpha value is -2.40. The molecule has 0 bridgehead atoms. The van der Waals surface area contributed by atoms with Crippen molar-refractivity contribution in [1.29, 1.82) is 0 Å². The number of nitrogens with zero attached hydrogens (tertiary/aromatic N) is 2. The fraction of sp³-hybridized carbons (Fsp3) is 0.409. The third-order valence-electron chi connectivity index (χ3n) is 5.22. The summed E-state index contributed by atoms with van der Waals surface area (Å²) in [5.74, 6) is -0.120. The summed E-state index contributed by atoms with van der Waals surface area (Å²) < 4.78 is 13.9. The van der Waals surface area contributed by atoms with Gasteiger partial charge in [0.25, 0.3) is 0 Å². The standard InChI is InChI=1S/C22H28FN3O/c1-3-18-8-6-7-17(2)22(18)24-21(27)11-12-25-13-15-26(16-14-25)20-10-5-4-9-19(20)23/h4-10H,3,11-16H2,1-2H3,(H,24,27). The zero-order chi connectivity index (χ0) is 19.2. The van der Waals surface area contributed by atoms with Crippen molar-refractivity contribution in [3.63, 3.8) is 0 Å². The molecule has 1 saturated heterocycles. The predicted octanol–water partition coefficient (Wildman–Crippen LogP) is 3.85. The summed E-state index contributed by atoms with van der Waals surface area (Å²) >= 11 is 0. The maximum Gasteiger partial charge on any atom is 0.225 e. The van der Waals surface area contributed by atoms with Crippen LogP contribution in [-0.4, -0.2) is 43.5 Å². The largest absolute Gasteiger partial charge is 0.367 e. The fourth-order valence-corrected chi connectivity index (χ4v) is 3.58. The van der Waals surface area contributed by atoms with E-state index >= 15 is 0 Å². The number of hydrogen-bond acceptors (Lipinski definition) is 3. The lowest BCUT2D eigenvalue weighted by Crippen LogP contribution is -2.47. The van der Waals surface area contributed by atoms with Gasteiger partial charge in [-0.25, -0.2) is 4.39 Å². The number of benzene rings is 2. The molecule has 1 aliphatic heterocycles. The molecular weight excluding hydrogens is 341 g/mol. The molecule has 2 aromatic rings. The molecule has 0 spiro atoms. The Balaban J connectivity index is 1.48. The van der Waals surface area contributed by atoms with Crippen molar-refractivity contribution in [2.24, 2.45) is 0 Å². The number of aryl methyl sites for hydroxylation is 2. The van der Waals surface area contributed by atoms with Gasteiger partial charge in [-0.15, -0.1) is 0 Å². The highest BCUT2D eigenvalue weighted by atomic mass is 19.1. The van der Waals surface area contributed by atoms with E-state index in [4.69, 9.17) is 0 Å². The molecule has 1 fully saturated rings. The van der Waals surface area contributed by atoms with Gasteiger partial charge in [-0.2, -0.15) is 0 Å². The monoisotopic (exact) mass is 369 g/mol. The molecule has 0 atom stereocenters. The molecule has 1 N–H and O–H groups in total. The van der Waals surface area contributed by atoms with Crippen LogP contribution in [0.5, 0.6) is 0 Å². The molecule has 0 aromatic heterocycles. The minimum atomic E-state index is -0.171. The number of piperazine rings is 1. The zero-order valence-electron chi connectivity index (χ0n) is 16.2. The van der Waals surface area contributed by atoms with Crippen molar-refractivity contribution >= 4 is 17.3 Å². The molecule has 27 heavy (non-hydrogen) atoms. The van der Waals surface area contributed by atoms with E-state index in [1.807, 2.05) is 31.2 Å². The Morgan fingerprint density at radius 3 is 2.52 bits per heavy atom. The van der Waals surface area contributed by atoms with Crippen LogP contribution in [0.2, 0.25) is 0 Å². The van der Waals surface area contributed by atoms with E-state index in [1.165, 1.54) is 11.6 Å². The maximum atomic E-state index is 13.9. The van der Waals surface area contributed by atoms with Crippen molar-refractivity contribution in [3.8, 4) is 0 Å². The third kappa shape index (κ3) is 4.86. The number of anilines is 2. The SMILES string of the molecule is CCc1cccc(C)c1NC(=O)CCN1CCN(c2ccccc2F)CC1. The van der Waals surface area contributed by atoms with E-state index < -0.39 is 0 Å². The van der Waals surface area contributed by atoms with E-state index in [9.17, 15) is 9.18 Å². The van der Waals surface area contributed by atoms with E-state index in [0.717, 1.165) is 50.4 Å². The molecule has 1 heterocycles. The molecule has 1 amide bonds. The molecule has 0 saturated carbocycles. The quantitative estimate of drug-likeness (QED) is 0.840. The summed E-state index contributed by atoms with van der Waals surface area (Å²) in [4.78, 5) is 16.8. The number of carbonyl (C=O) groups excluding carboxylic acids is 1. The van der Waals surface area contributed by atoms with Crippen LogP contribution in [0.1, 0.15) is 24.5 Å². The van der Waals surface area contributed by atoms with Gasteiger partial charge in [0.2, 0.25) is 5.91 Å². The van der Waals surface area contributed by atoms with Crippen LogP contribution in [0.15, 0.2) is 42.5 Å². The summed E-state index contributed by atoms with van der Waals surface area (Å²) in [7, 11) is 0. The van der Waals surface area contributed by atoms with Crippen LogP contribution < -0.4 is 10.2 Å². The summed E-state index contributed by atoms with van der Waals surface area (Å²) in [6.07, 6.45) is 1.37. The van der Waals surface area contributed by atoms with Gasteiger partial charge >= 0.3 is 0 Å². The number of amides is 1. The van der Waals surface area contributed by atoms with Gasteiger partial charge in [0.05, 0.1) is 5.69 Å². The lowest BCUT2D eigenvalue weighted by molar-refractivity contribution is -0.116. The topological polar surface area (TPSA) is 35.6 Å². The highest BCUT2D eigenvalue weighted by molar-refractivity contribution is 5.92. The normalized spacial score (nSPS) is 15.0. The highest BCUT2D eigenvalue weighted by Crippen LogP contribution is 2.22. The van der Waals surface area contributed by atoms with Crippen molar-refractivity contribution in [1.82, 2.24) is 4.90 Å². The summed E-state index contributed by atoms with van der Waals surface area (Å²) in [6, 6.07) is 13.0. The van der Waals surface area contributed by atoms with Crippen LogP contribution in [0.4, 0.5) is 15.8 Å². The number of nitrogens with one attached hydrogen (secondary N) is 1. The Kier molecular flexibility index (Phi) is 6.45. The van der Waals surface area contributed by atoms with Crippen LogP contribution in [-0.2, 0) is 11.2 Å². The zero-order valence-corrected chi connectivity index (χ0v) is 16.2. The van der Waals surface area contributed by atoms with Gasteiger partial charge in [0, 0.05) is 44.8 Å². The third-order valence-corrected chi connectivity index (χ3v) is 5.22. The summed E-state index contributed by atoms with van der Waals surface area (Å²) in [5.41, 5.74) is 3.89. The Morgan fingerprint density at radius 2 is 1.81 bits per heavy atom. The van der Waals surface area contributed by atoms with Gasteiger partial charge in [-0.1, -0.05) is 37.3 Å². The van der Waals surface area contributed by atoms with Crippen LogP contribution in [0, 0.1) is 12.7 Å². The first-order valence-corrected chi connectivity index (χ1v) is 9.68. The van der Waals surface area contributed by atoms with Gasteiger partial charge in [-0.05, 0) is 36.6 Å². The van der Waals surface area contributed by atoms with Crippen molar-refractivity contribution < 1.29 is 9.18 Å². The van der Waals surface area contributed by atoms with Crippen molar-refractivity contribution in [3.05, 3.63) is 59.4 Å². The lowest BCUT2D eigenvalue weighted by Gasteiger charge is -2.36. The molecule has 0 aliphatic carbocycles. The number of carbonyl (C=O) groups is 1. The summed E-state index contributed by atoms with van der Waals surface area (Å²) in [5, 5.41) is 3.09. The molecule has 3 rings (SSSR count). The van der Waals surface area contributed by atoms with Crippen molar-refractivity contribution in [2.75, 3.05) is 42.9 Å². The number of rotatable bonds is 6. The Morgan fingerprint density at radius 1 is 1.07 bits per heavy atom. The first kappa shape index (κ1) is 19.4. The van der Waals surface area contributed by atoms with Crippen LogP contribution >= 0.6 is 0 Å². The van der Waals surface area contributed by atoms with E-state index in [-0.39, 0.29) is 11.7 Å². The van der Waals surface area contributed by atoms with Gasteiger partial charge in [0.1, 0.15) is 5.82 Å². The van der Waals surface area contributed by atoms with E-state index in [2.05, 4.69) is 28.1 Å². The smallest absolute Gasteiger partial charge is 0.225 e. The second-order valence-corrected chi connectivity index (χ2v) is 7.04. The molecule has 1 aliphatic rings. The molecule has 4 nitrogen and oxygen atoms in total. The second-order valence-electron chi connectivity index (χ2n) is 7.04.